The summed E-state index contributed by atoms with van der Waals surface area (Å²) in [7, 11) is 0. The zero-order valence-electron chi connectivity index (χ0n) is 14.5. The minimum absolute atomic E-state index is 0.0871. The fourth-order valence-electron chi connectivity index (χ4n) is 3.07. The summed E-state index contributed by atoms with van der Waals surface area (Å²) in [6, 6.07) is 2.88. The van der Waals surface area contributed by atoms with E-state index >= 15 is 0 Å². The Morgan fingerprint density at radius 3 is 3.00 bits per heavy atom. The van der Waals surface area contributed by atoms with Crippen LogP contribution in [0.5, 0.6) is 0 Å². The number of carbonyl (C=O) groups excluding carboxylic acids is 1. The number of fused-ring (bicyclic) bond motifs is 1. The van der Waals surface area contributed by atoms with E-state index in [1.54, 1.807) is 12.3 Å². The number of pyridine rings is 1. The first kappa shape index (κ1) is 17.7. The number of likely N-dealkylation sites (tertiary alicyclic amines) is 1. The van der Waals surface area contributed by atoms with E-state index in [-0.39, 0.29) is 30.1 Å². The summed E-state index contributed by atoms with van der Waals surface area (Å²) in [4.78, 5) is 27.0. The molecule has 0 aliphatic carbocycles. The van der Waals surface area contributed by atoms with Gasteiger partial charge in [0.15, 0.2) is 5.69 Å². The van der Waals surface area contributed by atoms with Gasteiger partial charge in [-0.1, -0.05) is 0 Å². The average Bonchev–Trinajstić information content (AvgIpc) is 3.29. The average molecular weight is 389 g/mol. The van der Waals surface area contributed by atoms with Crippen LogP contribution < -0.4 is 5.32 Å². The summed E-state index contributed by atoms with van der Waals surface area (Å²) in [6.07, 6.45) is 2.04. The summed E-state index contributed by atoms with van der Waals surface area (Å²) in [5, 5.41) is 4.93. The maximum absolute atomic E-state index is 13.5. The molecule has 1 aliphatic rings. The number of halogens is 2. The van der Waals surface area contributed by atoms with Gasteiger partial charge in [0, 0.05) is 12.7 Å². The Morgan fingerprint density at radius 1 is 1.41 bits per heavy atom. The maximum Gasteiger partial charge on any atom is 0.274 e. The lowest BCUT2D eigenvalue weighted by atomic mass is 10.1. The molecular weight excluding hydrogens is 372 g/mol. The van der Waals surface area contributed by atoms with Gasteiger partial charge in [0.1, 0.15) is 12.0 Å². The smallest absolute Gasteiger partial charge is 0.274 e. The largest absolute Gasteiger partial charge is 0.348 e. The molecule has 9 heteroatoms. The Hall–Kier alpha value is -2.68. The van der Waals surface area contributed by atoms with E-state index in [2.05, 4.69) is 20.3 Å². The predicted molar refractivity (Wildman–Crippen MR) is 99.1 cm³/mol. The highest BCUT2D eigenvalue weighted by Crippen LogP contribution is 2.27. The Labute approximate surface area is 158 Å². The molecule has 0 bridgehead atoms. The van der Waals surface area contributed by atoms with Crippen molar-refractivity contribution in [2.24, 2.45) is 0 Å². The van der Waals surface area contributed by atoms with Crippen molar-refractivity contribution in [3.63, 3.8) is 0 Å². The van der Waals surface area contributed by atoms with E-state index in [0.29, 0.717) is 28.7 Å². The van der Waals surface area contributed by atoms with Gasteiger partial charge in [-0.2, -0.15) is 0 Å². The van der Waals surface area contributed by atoms with Crippen LogP contribution in [0.4, 0.5) is 14.7 Å². The molecule has 27 heavy (non-hydrogen) atoms. The standard InChI is InChI=1S/C18H17F2N5OS/c1-10(11-6-13(20)8-21-7-11)22-18-23-14-3-5-27-16(14)15(24-18)17(26)25-4-2-12(19)9-25/h3,5-8,10,12H,2,4,9H2,1H3,(H,22,23,24)/t10?,12-/m0/s1. The molecular formula is C18H17F2N5OS. The lowest BCUT2D eigenvalue weighted by molar-refractivity contribution is 0.0779. The summed E-state index contributed by atoms with van der Waals surface area (Å²) in [5.41, 5.74) is 1.54. The number of alkyl halides is 1. The van der Waals surface area contributed by atoms with E-state index in [1.165, 1.54) is 22.3 Å². The fourth-order valence-corrected chi connectivity index (χ4v) is 3.88. The minimum Gasteiger partial charge on any atom is -0.348 e. The lowest BCUT2D eigenvalue weighted by Crippen LogP contribution is -2.30. The number of amides is 1. The number of anilines is 1. The molecule has 3 aromatic rings. The molecule has 1 N–H and O–H groups in total. The van der Waals surface area contributed by atoms with Gasteiger partial charge < -0.3 is 10.2 Å². The van der Waals surface area contributed by atoms with Gasteiger partial charge >= 0.3 is 0 Å². The van der Waals surface area contributed by atoms with Gasteiger partial charge in [0.05, 0.1) is 29.0 Å². The molecule has 1 aliphatic heterocycles. The Morgan fingerprint density at radius 2 is 2.26 bits per heavy atom. The summed E-state index contributed by atoms with van der Waals surface area (Å²) >= 11 is 1.37. The summed E-state index contributed by atoms with van der Waals surface area (Å²) < 4.78 is 27.6. The van der Waals surface area contributed by atoms with Crippen molar-refractivity contribution < 1.29 is 13.6 Å². The van der Waals surface area contributed by atoms with Crippen LogP contribution in [0.3, 0.4) is 0 Å². The second-order valence-electron chi connectivity index (χ2n) is 6.47. The molecule has 4 heterocycles. The third-order valence-corrected chi connectivity index (χ3v) is 5.41. The number of nitrogens with zero attached hydrogens (tertiary/aromatic N) is 4. The first-order valence-electron chi connectivity index (χ1n) is 8.57. The highest BCUT2D eigenvalue weighted by atomic mass is 32.1. The number of rotatable bonds is 4. The van der Waals surface area contributed by atoms with Crippen LogP contribution in [0.2, 0.25) is 0 Å². The number of hydrogen-bond donors (Lipinski definition) is 1. The number of thiophene rings is 1. The number of aromatic nitrogens is 3. The van der Waals surface area contributed by atoms with Gasteiger partial charge in [-0.25, -0.2) is 18.7 Å². The molecule has 0 saturated carbocycles. The Bertz CT molecular complexity index is 995. The van der Waals surface area contributed by atoms with E-state index < -0.39 is 12.0 Å². The van der Waals surface area contributed by atoms with Crippen molar-refractivity contribution in [3.8, 4) is 0 Å². The summed E-state index contributed by atoms with van der Waals surface area (Å²) in [6.45, 7) is 2.29. The molecule has 6 nitrogen and oxygen atoms in total. The van der Waals surface area contributed by atoms with Crippen LogP contribution >= 0.6 is 11.3 Å². The molecule has 4 rings (SSSR count). The zero-order chi connectivity index (χ0) is 19.0. The Balaban J connectivity index is 1.65. The second kappa shape index (κ2) is 7.15. The van der Waals surface area contributed by atoms with Crippen molar-refractivity contribution in [2.75, 3.05) is 18.4 Å². The molecule has 1 unspecified atom stereocenters. The van der Waals surface area contributed by atoms with Crippen LogP contribution in [0.1, 0.15) is 35.4 Å². The second-order valence-corrected chi connectivity index (χ2v) is 7.39. The normalized spacial score (nSPS) is 18.0. The van der Waals surface area contributed by atoms with Crippen LogP contribution in [-0.4, -0.2) is 45.0 Å². The molecule has 1 fully saturated rings. The number of hydrogen-bond acceptors (Lipinski definition) is 6. The monoisotopic (exact) mass is 389 g/mol. The third-order valence-electron chi connectivity index (χ3n) is 4.50. The third kappa shape index (κ3) is 3.59. The van der Waals surface area contributed by atoms with E-state index in [9.17, 15) is 13.6 Å². The van der Waals surface area contributed by atoms with Crippen LogP contribution in [0.25, 0.3) is 10.2 Å². The quantitative estimate of drug-likeness (QED) is 0.739. The highest BCUT2D eigenvalue weighted by molar-refractivity contribution is 7.17. The van der Waals surface area contributed by atoms with Gasteiger partial charge in [-0.3, -0.25) is 9.78 Å². The van der Waals surface area contributed by atoms with Crippen molar-refractivity contribution in [3.05, 3.63) is 47.0 Å². The molecule has 3 aromatic heterocycles. The van der Waals surface area contributed by atoms with Crippen molar-refractivity contribution in [1.29, 1.82) is 0 Å². The van der Waals surface area contributed by atoms with Crippen LogP contribution in [0.15, 0.2) is 29.9 Å². The van der Waals surface area contributed by atoms with Crippen molar-refractivity contribution in [1.82, 2.24) is 19.9 Å². The maximum atomic E-state index is 13.5. The SMILES string of the molecule is CC(Nc1nc(C(=O)N2CC[C@H](F)C2)c2sccc2n1)c1cncc(F)c1. The molecule has 140 valence electrons. The van der Waals surface area contributed by atoms with Crippen LogP contribution in [-0.2, 0) is 0 Å². The van der Waals surface area contributed by atoms with E-state index in [4.69, 9.17) is 0 Å². The van der Waals surface area contributed by atoms with E-state index in [0.717, 1.165) is 6.20 Å². The molecule has 2 atom stereocenters. The van der Waals surface area contributed by atoms with Gasteiger partial charge in [-0.05, 0) is 36.4 Å². The topological polar surface area (TPSA) is 71.0 Å². The molecule has 1 saturated heterocycles. The van der Waals surface area contributed by atoms with Crippen molar-refractivity contribution >= 4 is 33.4 Å². The number of carbonyl (C=O) groups is 1. The molecule has 1 amide bonds. The first-order valence-corrected chi connectivity index (χ1v) is 9.45. The molecule has 0 spiro atoms. The fraction of sp³-hybridized carbons (Fsp3) is 0.333. The summed E-state index contributed by atoms with van der Waals surface area (Å²) in [5.74, 6) is -0.467. The predicted octanol–water partition coefficient (Wildman–Crippen LogP) is 3.58. The zero-order valence-corrected chi connectivity index (χ0v) is 15.3. The molecule has 0 radical (unpaired) electrons. The first-order chi connectivity index (χ1) is 13.0. The lowest BCUT2D eigenvalue weighted by Gasteiger charge is -2.17. The number of nitrogens with one attached hydrogen (secondary N) is 1. The van der Waals surface area contributed by atoms with E-state index in [1.807, 2.05) is 12.3 Å². The highest BCUT2D eigenvalue weighted by Gasteiger charge is 2.29. The van der Waals surface area contributed by atoms with Gasteiger partial charge in [0.2, 0.25) is 5.95 Å². The molecule has 0 aromatic carbocycles. The minimum atomic E-state index is -0.993. The Kier molecular flexibility index (Phi) is 4.69. The van der Waals surface area contributed by atoms with Gasteiger partial charge in [0.25, 0.3) is 5.91 Å². The van der Waals surface area contributed by atoms with Gasteiger partial charge in [-0.15, -0.1) is 11.3 Å². The van der Waals surface area contributed by atoms with Crippen LogP contribution in [0, 0.1) is 5.82 Å². The van der Waals surface area contributed by atoms with Crippen molar-refractivity contribution in [2.45, 2.75) is 25.6 Å².